The molecule has 3 aromatic carbocycles. The smallest absolute Gasteiger partial charge is 0.250 e. The molecule has 0 bridgehead atoms. The minimum Gasteiger partial charge on any atom is -0.497 e. The summed E-state index contributed by atoms with van der Waals surface area (Å²) in [5, 5.41) is 2.88. The van der Waals surface area contributed by atoms with Crippen molar-refractivity contribution in [1.82, 2.24) is 9.80 Å². The van der Waals surface area contributed by atoms with Crippen molar-refractivity contribution in [2.75, 3.05) is 43.6 Å². The standard InChI is InChI=1S/C32H34N4O4/c1-40-26-14-8-11-24(19-26)33-29(37)21-35-22-36(25-12-6-3-7-13-25)32(31(35)39)15-17-34(18-16-32)30(38)28-20-27(28)23-9-4-2-5-10-23/h2-14,19,27-28H,15-18,20-22H2,1H3,(H,33,37). The molecule has 2 saturated heterocycles. The largest absolute Gasteiger partial charge is 0.497 e. The van der Waals surface area contributed by atoms with E-state index in [4.69, 9.17) is 4.74 Å². The highest BCUT2D eigenvalue weighted by atomic mass is 16.5. The van der Waals surface area contributed by atoms with Crippen molar-refractivity contribution in [2.24, 2.45) is 5.92 Å². The van der Waals surface area contributed by atoms with Gasteiger partial charge in [0, 0.05) is 36.4 Å². The van der Waals surface area contributed by atoms with Crippen LogP contribution in [0.3, 0.4) is 0 Å². The summed E-state index contributed by atoms with van der Waals surface area (Å²) in [5.74, 6) is 0.828. The number of anilines is 2. The van der Waals surface area contributed by atoms with Crippen LogP contribution >= 0.6 is 0 Å². The molecule has 2 atom stereocenters. The van der Waals surface area contributed by atoms with Crippen LogP contribution in [0, 0.1) is 5.92 Å². The minimum absolute atomic E-state index is 0.0257. The summed E-state index contributed by atoms with van der Waals surface area (Å²) in [6, 6.07) is 27.2. The van der Waals surface area contributed by atoms with Gasteiger partial charge in [-0.15, -0.1) is 0 Å². The zero-order chi connectivity index (χ0) is 27.7. The molecule has 2 unspecified atom stereocenters. The van der Waals surface area contributed by atoms with Crippen molar-refractivity contribution >= 4 is 29.1 Å². The third-order valence-corrected chi connectivity index (χ3v) is 8.51. The Morgan fingerprint density at radius 3 is 2.35 bits per heavy atom. The lowest BCUT2D eigenvalue weighted by atomic mass is 9.85. The molecular formula is C32H34N4O4. The first kappa shape index (κ1) is 25.9. The van der Waals surface area contributed by atoms with Gasteiger partial charge in [0.2, 0.25) is 11.8 Å². The molecule has 3 fully saturated rings. The van der Waals surface area contributed by atoms with Gasteiger partial charge in [-0.1, -0.05) is 54.6 Å². The van der Waals surface area contributed by atoms with E-state index in [1.54, 1.807) is 30.2 Å². The van der Waals surface area contributed by atoms with Crippen molar-refractivity contribution in [1.29, 1.82) is 0 Å². The molecule has 8 nitrogen and oxygen atoms in total. The predicted octanol–water partition coefficient (Wildman–Crippen LogP) is 4.10. The zero-order valence-electron chi connectivity index (χ0n) is 22.7. The van der Waals surface area contributed by atoms with Gasteiger partial charge >= 0.3 is 0 Å². The maximum Gasteiger partial charge on any atom is 0.250 e. The number of carbonyl (C=O) groups is 3. The lowest BCUT2D eigenvalue weighted by molar-refractivity contribution is -0.140. The Morgan fingerprint density at radius 2 is 1.65 bits per heavy atom. The first-order valence-corrected chi connectivity index (χ1v) is 13.9. The van der Waals surface area contributed by atoms with E-state index >= 15 is 0 Å². The molecule has 3 aliphatic rings. The van der Waals surface area contributed by atoms with Crippen molar-refractivity contribution in [3.63, 3.8) is 0 Å². The Morgan fingerprint density at radius 1 is 0.950 bits per heavy atom. The molecule has 1 saturated carbocycles. The number of piperidine rings is 1. The second-order valence-electron chi connectivity index (χ2n) is 10.9. The average Bonchev–Trinajstić information content (AvgIpc) is 3.76. The van der Waals surface area contributed by atoms with Gasteiger partial charge in [0.25, 0.3) is 5.91 Å². The van der Waals surface area contributed by atoms with Gasteiger partial charge in [-0.3, -0.25) is 14.4 Å². The van der Waals surface area contributed by atoms with Crippen LogP contribution in [0.15, 0.2) is 84.9 Å². The molecular weight excluding hydrogens is 504 g/mol. The predicted molar refractivity (Wildman–Crippen MR) is 153 cm³/mol. The fourth-order valence-corrected chi connectivity index (χ4v) is 6.27. The molecule has 40 heavy (non-hydrogen) atoms. The summed E-state index contributed by atoms with van der Waals surface area (Å²) in [5.41, 5.74) is 2.00. The normalized spacial score (nSPS) is 21.4. The molecule has 6 rings (SSSR count). The van der Waals surface area contributed by atoms with Crippen LogP contribution in [-0.2, 0) is 14.4 Å². The van der Waals surface area contributed by atoms with Crippen molar-refractivity contribution in [2.45, 2.75) is 30.7 Å². The maximum atomic E-state index is 14.0. The van der Waals surface area contributed by atoms with E-state index in [0.29, 0.717) is 44.0 Å². The van der Waals surface area contributed by atoms with Crippen LogP contribution in [0.5, 0.6) is 5.75 Å². The number of hydrogen-bond acceptors (Lipinski definition) is 5. The maximum absolute atomic E-state index is 14.0. The number of para-hydroxylation sites is 1. The number of nitrogens with zero attached hydrogens (tertiary/aromatic N) is 3. The molecule has 206 valence electrons. The van der Waals surface area contributed by atoms with Crippen LogP contribution in [-0.4, -0.2) is 66.5 Å². The number of likely N-dealkylation sites (tertiary alicyclic amines) is 1. The summed E-state index contributed by atoms with van der Waals surface area (Å²) in [7, 11) is 1.58. The lowest BCUT2D eigenvalue weighted by Crippen LogP contribution is -2.57. The highest BCUT2D eigenvalue weighted by Crippen LogP contribution is 2.49. The number of hydrogen-bond donors (Lipinski definition) is 1. The molecule has 3 amide bonds. The lowest BCUT2D eigenvalue weighted by Gasteiger charge is -2.43. The highest BCUT2D eigenvalue weighted by molar-refractivity contribution is 5.99. The van der Waals surface area contributed by atoms with Crippen molar-refractivity contribution in [3.05, 3.63) is 90.5 Å². The van der Waals surface area contributed by atoms with Gasteiger partial charge in [0.1, 0.15) is 17.8 Å². The fourth-order valence-electron chi connectivity index (χ4n) is 6.27. The van der Waals surface area contributed by atoms with E-state index in [1.165, 1.54) is 5.56 Å². The number of nitrogens with one attached hydrogen (secondary N) is 1. The minimum atomic E-state index is -0.781. The Kier molecular flexibility index (Phi) is 6.92. The Labute approximate surface area is 234 Å². The first-order valence-electron chi connectivity index (χ1n) is 13.9. The Bertz CT molecular complexity index is 1390. The molecule has 0 aromatic heterocycles. The number of rotatable bonds is 7. The number of ether oxygens (including phenoxy) is 1. The molecule has 1 spiro atoms. The van der Waals surface area contributed by atoms with Gasteiger partial charge < -0.3 is 24.8 Å². The van der Waals surface area contributed by atoms with Gasteiger partial charge in [-0.05, 0) is 55.0 Å². The van der Waals surface area contributed by atoms with Crippen LogP contribution < -0.4 is 15.0 Å². The van der Waals surface area contributed by atoms with E-state index in [9.17, 15) is 14.4 Å². The SMILES string of the molecule is COc1cccc(NC(=O)CN2CN(c3ccccc3)C3(CCN(C(=O)C4CC4c4ccccc4)CC3)C2=O)c1. The van der Waals surface area contributed by atoms with E-state index in [2.05, 4.69) is 22.3 Å². The number of benzene rings is 3. The number of amides is 3. The van der Waals surface area contributed by atoms with E-state index < -0.39 is 5.54 Å². The number of methoxy groups -OCH3 is 1. The molecule has 8 heteroatoms. The van der Waals surface area contributed by atoms with E-state index in [1.807, 2.05) is 59.5 Å². The second kappa shape index (κ2) is 10.7. The van der Waals surface area contributed by atoms with Crippen LogP contribution in [0.2, 0.25) is 0 Å². The van der Waals surface area contributed by atoms with Crippen LogP contribution in [0.25, 0.3) is 0 Å². The monoisotopic (exact) mass is 538 g/mol. The zero-order valence-corrected chi connectivity index (χ0v) is 22.7. The quantitative estimate of drug-likeness (QED) is 0.490. The first-order chi connectivity index (χ1) is 19.5. The second-order valence-corrected chi connectivity index (χ2v) is 10.9. The molecule has 0 radical (unpaired) electrons. The number of carbonyl (C=O) groups excluding carboxylic acids is 3. The van der Waals surface area contributed by atoms with Crippen molar-refractivity contribution in [3.8, 4) is 5.75 Å². The van der Waals surface area contributed by atoms with Gasteiger partial charge in [0.15, 0.2) is 0 Å². The summed E-state index contributed by atoms with van der Waals surface area (Å²) >= 11 is 0. The third kappa shape index (κ3) is 4.90. The van der Waals surface area contributed by atoms with Crippen LogP contribution in [0.4, 0.5) is 11.4 Å². The summed E-state index contributed by atoms with van der Waals surface area (Å²) < 4.78 is 5.25. The topological polar surface area (TPSA) is 82.2 Å². The van der Waals surface area contributed by atoms with E-state index in [-0.39, 0.29) is 36.1 Å². The molecule has 1 N–H and O–H groups in total. The fraction of sp³-hybridized carbons (Fsp3) is 0.344. The average molecular weight is 539 g/mol. The van der Waals surface area contributed by atoms with Gasteiger partial charge in [-0.2, -0.15) is 0 Å². The Hall–Kier alpha value is -4.33. The molecule has 1 aliphatic carbocycles. The van der Waals surface area contributed by atoms with Crippen LogP contribution in [0.1, 0.15) is 30.7 Å². The van der Waals surface area contributed by atoms with Crippen molar-refractivity contribution < 1.29 is 19.1 Å². The molecule has 3 aromatic rings. The highest BCUT2D eigenvalue weighted by Gasteiger charge is 2.55. The summed E-state index contributed by atoms with van der Waals surface area (Å²) in [6.07, 6.45) is 1.95. The Balaban J connectivity index is 1.15. The van der Waals surface area contributed by atoms with Gasteiger partial charge in [0.05, 0.1) is 13.8 Å². The molecule has 2 heterocycles. The summed E-state index contributed by atoms with van der Waals surface area (Å²) in [4.78, 5) is 46.0. The third-order valence-electron chi connectivity index (χ3n) is 8.51. The van der Waals surface area contributed by atoms with Gasteiger partial charge in [-0.25, -0.2) is 0 Å². The molecule has 2 aliphatic heterocycles. The van der Waals surface area contributed by atoms with E-state index in [0.717, 1.165) is 12.1 Å². The summed E-state index contributed by atoms with van der Waals surface area (Å²) in [6.45, 7) is 1.32.